The van der Waals surface area contributed by atoms with E-state index in [1.54, 1.807) is 0 Å². The van der Waals surface area contributed by atoms with E-state index in [0.717, 1.165) is 22.3 Å². The smallest absolute Gasteiger partial charge is 0.313 e. The maximum atomic E-state index is 13.4. The molecule has 2 aromatic carbocycles. The van der Waals surface area contributed by atoms with E-state index in [4.69, 9.17) is 0 Å². The van der Waals surface area contributed by atoms with Gasteiger partial charge in [0, 0.05) is 24.8 Å². The maximum Gasteiger partial charge on any atom is 0.325 e. The van der Waals surface area contributed by atoms with Crippen molar-refractivity contribution >= 4 is 44.3 Å². The van der Waals surface area contributed by atoms with Crippen LogP contribution in [0.5, 0.6) is 0 Å². The first kappa shape index (κ1) is 17.3. The highest BCUT2D eigenvalue weighted by molar-refractivity contribution is 7.22. The van der Waals surface area contributed by atoms with Crippen LogP contribution in [0.1, 0.15) is 0 Å². The second-order valence-electron chi connectivity index (χ2n) is 5.99. The van der Waals surface area contributed by atoms with E-state index in [0.29, 0.717) is 18.2 Å². The number of aromatic nitrogens is 1. The zero-order valence-electron chi connectivity index (χ0n) is 14.0. The zero-order valence-corrected chi connectivity index (χ0v) is 14.8. The van der Waals surface area contributed by atoms with Crippen LogP contribution in [0.15, 0.2) is 42.5 Å². The van der Waals surface area contributed by atoms with Crippen LogP contribution in [0.4, 0.5) is 24.4 Å². The predicted molar refractivity (Wildman–Crippen MR) is 98.9 cm³/mol. The first-order valence-electron chi connectivity index (χ1n) is 8.18. The number of carbonyl (C=O) groups excluding carboxylic acids is 2. The molecule has 1 aliphatic rings. The summed E-state index contributed by atoms with van der Waals surface area (Å²) >= 11 is 1.35. The van der Waals surface area contributed by atoms with Crippen LogP contribution in [-0.4, -0.2) is 41.5 Å². The van der Waals surface area contributed by atoms with Crippen LogP contribution in [0.3, 0.4) is 0 Å². The van der Waals surface area contributed by atoms with Gasteiger partial charge in [-0.2, -0.15) is 0 Å². The van der Waals surface area contributed by atoms with Gasteiger partial charge in [0.2, 0.25) is 5.91 Å². The van der Waals surface area contributed by atoms with E-state index in [1.807, 2.05) is 24.3 Å². The summed E-state index contributed by atoms with van der Waals surface area (Å²) in [5.74, 6) is -2.36. The van der Waals surface area contributed by atoms with Crippen LogP contribution in [-0.2, 0) is 4.79 Å². The molecule has 138 valence electrons. The van der Waals surface area contributed by atoms with Gasteiger partial charge in [-0.05, 0) is 24.3 Å². The summed E-state index contributed by atoms with van der Waals surface area (Å²) in [6.45, 7) is 0.457. The molecule has 27 heavy (non-hydrogen) atoms. The van der Waals surface area contributed by atoms with E-state index in [2.05, 4.69) is 10.3 Å². The van der Waals surface area contributed by atoms with E-state index in [-0.39, 0.29) is 18.1 Å². The van der Waals surface area contributed by atoms with Crippen LogP contribution in [0.2, 0.25) is 0 Å². The number of hydrogen-bond acceptors (Lipinski definition) is 4. The highest BCUT2D eigenvalue weighted by Gasteiger charge is 2.31. The number of amides is 3. The Morgan fingerprint density at radius 3 is 2.74 bits per heavy atom. The highest BCUT2D eigenvalue weighted by atomic mass is 32.1. The van der Waals surface area contributed by atoms with Gasteiger partial charge in [-0.15, -0.1) is 0 Å². The van der Waals surface area contributed by atoms with Gasteiger partial charge in [0.25, 0.3) is 0 Å². The number of thiazole rings is 1. The predicted octanol–water partition coefficient (Wildman–Crippen LogP) is 3.46. The van der Waals surface area contributed by atoms with Gasteiger partial charge >= 0.3 is 6.03 Å². The molecule has 6 nitrogen and oxygen atoms in total. The summed E-state index contributed by atoms with van der Waals surface area (Å²) in [7, 11) is 0. The van der Waals surface area contributed by atoms with Crippen LogP contribution >= 0.6 is 11.3 Å². The average Bonchev–Trinajstić information content (AvgIpc) is 3.20. The summed E-state index contributed by atoms with van der Waals surface area (Å²) in [5, 5.41) is 3.16. The van der Waals surface area contributed by atoms with Gasteiger partial charge < -0.3 is 10.2 Å². The molecule has 1 fully saturated rings. The number of nitrogens with one attached hydrogen (secondary N) is 1. The third-order valence-electron chi connectivity index (χ3n) is 4.18. The monoisotopic (exact) mass is 388 g/mol. The van der Waals surface area contributed by atoms with E-state index < -0.39 is 17.7 Å². The highest BCUT2D eigenvalue weighted by Crippen LogP contribution is 2.26. The first-order valence-corrected chi connectivity index (χ1v) is 9.00. The molecule has 0 bridgehead atoms. The molecule has 9 heteroatoms. The van der Waals surface area contributed by atoms with E-state index in [1.165, 1.54) is 27.2 Å². The standard InChI is InChI=1S/C18H14F2N4O2S/c19-12-6-5-11(9-13(12)20)24-8-7-23(18(24)26)10-16(25)22-17-21-14-3-1-2-4-15(14)27-17/h1-6,9H,7-8,10H2,(H,21,22,25). The van der Waals surface area contributed by atoms with Crippen molar-refractivity contribution in [3.8, 4) is 0 Å². The van der Waals surface area contributed by atoms with Crippen molar-refractivity contribution in [2.24, 2.45) is 0 Å². The minimum Gasteiger partial charge on any atom is -0.313 e. The van der Waals surface area contributed by atoms with Crippen LogP contribution < -0.4 is 10.2 Å². The molecule has 3 aromatic rings. The fourth-order valence-corrected chi connectivity index (χ4v) is 3.76. The van der Waals surface area contributed by atoms with E-state index >= 15 is 0 Å². The lowest BCUT2D eigenvalue weighted by Gasteiger charge is -2.18. The third-order valence-corrected chi connectivity index (χ3v) is 5.14. The van der Waals surface area contributed by atoms with Crippen LogP contribution in [0.25, 0.3) is 10.2 Å². The van der Waals surface area contributed by atoms with Gasteiger partial charge in [-0.1, -0.05) is 23.5 Å². The van der Waals surface area contributed by atoms with Crippen molar-refractivity contribution in [1.29, 1.82) is 0 Å². The minimum absolute atomic E-state index is 0.144. The lowest BCUT2D eigenvalue weighted by atomic mass is 10.3. The molecule has 0 spiro atoms. The average molecular weight is 388 g/mol. The number of nitrogens with zero attached hydrogens (tertiary/aromatic N) is 3. The molecule has 3 amide bonds. The summed E-state index contributed by atoms with van der Waals surface area (Å²) in [6, 6.07) is 10.4. The van der Waals surface area contributed by atoms with Crippen molar-refractivity contribution in [2.75, 3.05) is 29.9 Å². The molecule has 0 atom stereocenters. The largest absolute Gasteiger partial charge is 0.325 e. The Morgan fingerprint density at radius 2 is 1.96 bits per heavy atom. The SMILES string of the molecule is O=C(CN1CCN(c2ccc(F)c(F)c2)C1=O)Nc1nc2ccccc2s1. The van der Waals surface area contributed by atoms with Gasteiger partial charge in [-0.3, -0.25) is 9.69 Å². The zero-order chi connectivity index (χ0) is 19.0. The molecule has 1 aromatic heterocycles. The van der Waals surface area contributed by atoms with Gasteiger partial charge in [-0.25, -0.2) is 18.6 Å². The van der Waals surface area contributed by atoms with Crippen molar-refractivity contribution in [1.82, 2.24) is 9.88 Å². The summed E-state index contributed by atoms with van der Waals surface area (Å²) in [5.41, 5.74) is 1.05. The molecule has 4 rings (SSSR count). The first-order chi connectivity index (χ1) is 13.0. The molecule has 1 aliphatic heterocycles. The van der Waals surface area contributed by atoms with Crippen molar-refractivity contribution in [3.05, 3.63) is 54.1 Å². The van der Waals surface area contributed by atoms with Gasteiger partial charge in [0.05, 0.1) is 10.2 Å². The Morgan fingerprint density at radius 1 is 1.15 bits per heavy atom. The summed E-state index contributed by atoms with van der Waals surface area (Å²) in [4.78, 5) is 31.7. The lowest BCUT2D eigenvalue weighted by molar-refractivity contribution is -0.116. The molecule has 0 radical (unpaired) electrons. The Hall–Kier alpha value is -3.07. The number of hydrogen-bond donors (Lipinski definition) is 1. The maximum absolute atomic E-state index is 13.4. The second-order valence-corrected chi connectivity index (χ2v) is 7.02. The summed E-state index contributed by atoms with van der Waals surface area (Å²) < 4.78 is 27.4. The Labute approximate surface area is 157 Å². The van der Waals surface area contributed by atoms with Crippen molar-refractivity contribution in [3.63, 3.8) is 0 Å². The third kappa shape index (κ3) is 3.45. The Balaban J connectivity index is 1.41. The van der Waals surface area contributed by atoms with Gasteiger partial charge in [0.15, 0.2) is 16.8 Å². The van der Waals surface area contributed by atoms with Crippen molar-refractivity contribution in [2.45, 2.75) is 0 Å². The summed E-state index contributed by atoms with van der Waals surface area (Å²) in [6.07, 6.45) is 0. The minimum atomic E-state index is -1.02. The topological polar surface area (TPSA) is 65.5 Å². The molecule has 1 N–H and O–H groups in total. The molecule has 1 saturated heterocycles. The Bertz CT molecular complexity index is 1010. The molecule has 2 heterocycles. The normalized spacial score (nSPS) is 14.2. The molecule has 0 saturated carbocycles. The number of anilines is 2. The second kappa shape index (κ2) is 6.92. The van der Waals surface area contributed by atoms with Crippen LogP contribution in [0, 0.1) is 11.6 Å². The van der Waals surface area contributed by atoms with Gasteiger partial charge in [0.1, 0.15) is 6.54 Å². The molecule has 0 aliphatic carbocycles. The van der Waals surface area contributed by atoms with Crippen molar-refractivity contribution < 1.29 is 18.4 Å². The molecular formula is C18H14F2N4O2S. The number of para-hydroxylation sites is 1. The lowest BCUT2D eigenvalue weighted by Crippen LogP contribution is -2.37. The fraction of sp³-hybridized carbons (Fsp3) is 0.167. The Kier molecular flexibility index (Phi) is 4.44. The number of fused-ring (bicyclic) bond motifs is 1. The molecule has 0 unspecified atom stereocenters. The fourth-order valence-electron chi connectivity index (χ4n) is 2.88. The quantitative estimate of drug-likeness (QED) is 0.745. The number of halogens is 2. The molecular weight excluding hydrogens is 374 g/mol. The number of urea groups is 1. The number of rotatable bonds is 4. The number of carbonyl (C=O) groups is 2. The number of benzene rings is 2. The van der Waals surface area contributed by atoms with E-state index in [9.17, 15) is 18.4 Å².